The van der Waals surface area contributed by atoms with E-state index in [9.17, 15) is 20.0 Å². The standard InChI is InChI=1S/C26H20ClN5O3S/c1-14(29)25(34)30-17-5-2-4-15(10-17)18-12-21(19-11-16(27)7-8-22(19)33)31-24(20(18)13-28)32-26(35)23-6-3-9-36-23/h2-12,14,33H,29H2,1H3,(H,30,34)(H,31,32,35). The van der Waals surface area contributed by atoms with Crippen molar-refractivity contribution in [3.8, 4) is 34.2 Å². The van der Waals surface area contributed by atoms with Gasteiger partial charge in [0.2, 0.25) is 5.91 Å². The molecule has 36 heavy (non-hydrogen) atoms. The summed E-state index contributed by atoms with van der Waals surface area (Å²) in [6.45, 7) is 1.57. The van der Waals surface area contributed by atoms with Crippen LogP contribution in [0.15, 0.2) is 66.0 Å². The van der Waals surface area contributed by atoms with Crippen molar-refractivity contribution in [2.24, 2.45) is 5.73 Å². The van der Waals surface area contributed by atoms with E-state index in [1.54, 1.807) is 60.8 Å². The maximum Gasteiger partial charge on any atom is 0.266 e. The van der Waals surface area contributed by atoms with Gasteiger partial charge in [0.1, 0.15) is 17.4 Å². The number of carbonyl (C=O) groups excluding carboxylic acids is 2. The second kappa shape index (κ2) is 10.6. The number of aromatic nitrogens is 1. The summed E-state index contributed by atoms with van der Waals surface area (Å²) >= 11 is 7.41. The van der Waals surface area contributed by atoms with E-state index in [0.29, 0.717) is 32.3 Å². The van der Waals surface area contributed by atoms with Crippen molar-refractivity contribution in [2.45, 2.75) is 13.0 Å². The first-order valence-corrected chi connectivity index (χ1v) is 12.0. The van der Waals surface area contributed by atoms with Crippen LogP contribution >= 0.6 is 22.9 Å². The number of hydrogen-bond acceptors (Lipinski definition) is 7. The summed E-state index contributed by atoms with van der Waals surface area (Å²) in [5.74, 6) is -0.843. The molecule has 1 unspecified atom stereocenters. The fourth-order valence-electron chi connectivity index (χ4n) is 3.43. The number of pyridine rings is 1. The van der Waals surface area contributed by atoms with Gasteiger partial charge in [-0.1, -0.05) is 29.8 Å². The number of nitrogens with two attached hydrogens (primary N) is 1. The highest BCUT2D eigenvalue weighted by molar-refractivity contribution is 7.12. The van der Waals surface area contributed by atoms with Crippen LogP contribution in [0, 0.1) is 11.3 Å². The molecule has 4 rings (SSSR count). The molecule has 180 valence electrons. The number of halogens is 1. The minimum Gasteiger partial charge on any atom is -0.507 e. The fourth-order valence-corrected chi connectivity index (χ4v) is 4.22. The van der Waals surface area contributed by atoms with Gasteiger partial charge in [-0.05, 0) is 60.3 Å². The number of nitriles is 1. The van der Waals surface area contributed by atoms with Crippen molar-refractivity contribution >= 4 is 46.3 Å². The van der Waals surface area contributed by atoms with Crippen LogP contribution in [-0.2, 0) is 4.79 Å². The number of phenolic OH excluding ortho intramolecular Hbond substituents is 1. The summed E-state index contributed by atoms with van der Waals surface area (Å²) in [6, 6.07) is 17.8. The largest absolute Gasteiger partial charge is 0.507 e. The average molecular weight is 518 g/mol. The zero-order valence-corrected chi connectivity index (χ0v) is 20.5. The number of thiophene rings is 1. The number of aromatic hydroxyl groups is 1. The van der Waals surface area contributed by atoms with Crippen molar-refractivity contribution in [3.05, 3.63) is 81.5 Å². The summed E-state index contributed by atoms with van der Waals surface area (Å²) in [5, 5.41) is 28.1. The molecule has 0 fully saturated rings. The highest BCUT2D eigenvalue weighted by Gasteiger charge is 2.20. The van der Waals surface area contributed by atoms with E-state index < -0.39 is 11.9 Å². The first-order valence-electron chi connectivity index (χ1n) is 10.7. The van der Waals surface area contributed by atoms with Crippen molar-refractivity contribution in [3.63, 3.8) is 0 Å². The van der Waals surface area contributed by atoms with Gasteiger partial charge in [0.05, 0.1) is 16.6 Å². The van der Waals surface area contributed by atoms with Crippen LogP contribution in [0.25, 0.3) is 22.4 Å². The second-order valence-corrected chi connectivity index (χ2v) is 9.23. The van der Waals surface area contributed by atoms with E-state index in [1.807, 2.05) is 0 Å². The third-order valence-corrected chi connectivity index (χ3v) is 6.30. The van der Waals surface area contributed by atoms with Gasteiger partial charge in [0.25, 0.3) is 5.91 Å². The van der Waals surface area contributed by atoms with Crippen molar-refractivity contribution in [1.82, 2.24) is 4.98 Å². The van der Waals surface area contributed by atoms with Gasteiger partial charge >= 0.3 is 0 Å². The number of carbonyl (C=O) groups is 2. The molecule has 4 aromatic rings. The van der Waals surface area contributed by atoms with Crippen LogP contribution in [0.2, 0.25) is 5.02 Å². The van der Waals surface area contributed by atoms with E-state index >= 15 is 0 Å². The van der Waals surface area contributed by atoms with Gasteiger partial charge in [0.15, 0.2) is 5.82 Å². The monoisotopic (exact) mass is 517 g/mol. The molecule has 0 bridgehead atoms. The van der Waals surface area contributed by atoms with Crippen molar-refractivity contribution in [2.75, 3.05) is 10.6 Å². The predicted octanol–water partition coefficient (Wildman–Crippen LogP) is 5.25. The molecule has 0 aliphatic carbocycles. The quantitative estimate of drug-likeness (QED) is 0.275. The van der Waals surface area contributed by atoms with Gasteiger partial charge in [-0.15, -0.1) is 11.3 Å². The third kappa shape index (κ3) is 5.37. The van der Waals surface area contributed by atoms with Crippen molar-refractivity contribution in [1.29, 1.82) is 5.26 Å². The van der Waals surface area contributed by atoms with Gasteiger partial charge < -0.3 is 21.5 Å². The van der Waals surface area contributed by atoms with Crippen LogP contribution < -0.4 is 16.4 Å². The van der Waals surface area contributed by atoms with E-state index in [-0.39, 0.29) is 28.7 Å². The smallest absolute Gasteiger partial charge is 0.266 e. The minimum absolute atomic E-state index is 0.0211. The molecule has 0 radical (unpaired) electrons. The molecule has 0 saturated carbocycles. The Kier molecular flexibility index (Phi) is 7.31. The Bertz CT molecular complexity index is 1500. The first-order chi connectivity index (χ1) is 17.3. The molecule has 2 amide bonds. The van der Waals surface area contributed by atoms with Crippen LogP contribution in [-0.4, -0.2) is 27.9 Å². The first kappa shape index (κ1) is 24.9. The molecule has 0 saturated heterocycles. The lowest BCUT2D eigenvalue weighted by atomic mass is 9.97. The van der Waals surface area contributed by atoms with Gasteiger partial charge in [0, 0.05) is 21.8 Å². The molecule has 2 aromatic carbocycles. The molecule has 2 heterocycles. The molecular formula is C26H20ClN5O3S. The van der Waals surface area contributed by atoms with Crippen LogP contribution in [0.3, 0.4) is 0 Å². The Morgan fingerprint density at radius 1 is 1.11 bits per heavy atom. The third-order valence-electron chi connectivity index (χ3n) is 5.20. The zero-order chi connectivity index (χ0) is 25.8. The molecule has 5 N–H and O–H groups in total. The number of benzene rings is 2. The summed E-state index contributed by atoms with van der Waals surface area (Å²) in [4.78, 5) is 29.8. The maximum absolute atomic E-state index is 12.8. The Morgan fingerprint density at radius 2 is 1.92 bits per heavy atom. The minimum atomic E-state index is -0.708. The van der Waals surface area contributed by atoms with E-state index in [1.165, 1.54) is 23.5 Å². The van der Waals surface area contributed by atoms with Gasteiger partial charge in [-0.2, -0.15) is 5.26 Å². The van der Waals surface area contributed by atoms with Gasteiger partial charge in [-0.3, -0.25) is 9.59 Å². The molecule has 1 atom stereocenters. The maximum atomic E-state index is 12.8. The summed E-state index contributed by atoms with van der Waals surface area (Å²) in [6.07, 6.45) is 0. The fraction of sp³-hybridized carbons (Fsp3) is 0.0769. The molecular weight excluding hydrogens is 498 g/mol. The van der Waals surface area contributed by atoms with E-state index in [0.717, 1.165) is 0 Å². The normalized spacial score (nSPS) is 11.4. The molecule has 8 nitrogen and oxygen atoms in total. The number of nitrogens with one attached hydrogen (secondary N) is 2. The number of phenols is 1. The molecule has 0 spiro atoms. The lowest BCUT2D eigenvalue weighted by Crippen LogP contribution is -2.32. The Morgan fingerprint density at radius 3 is 2.61 bits per heavy atom. The number of anilines is 2. The van der Waals surface area contributed by atoms with E-state index in [2.05, 4.69) is 21.7 Å². The van der Waals surface area contributed by atoms with Crippen LogP contribution in [0.1, 0.15) is 22.2 Å². The summed E-state index contributed by atoms with van der Waals surface area (Å²) < 4.78 is 0. The van der Waals surface area contributed by atoms with E-state index in [4.69, 9.17) is 17.3 Å². The van der Waals surface area contributed by atoms with Crippen LogP contribution in [0.5, 0.6) is 5.75 Å². The highest BCUT2D eigenvalue weighted by atomic mass is 35.5. The van der Waals surface area contributed by atoms with Crippen molar-refractivity contribution < 1.29 is 14.7 Å². The predicted molar refractivity (Wildman–Crippen MR) is 141 cm³/mol. The Balaban J connectivity index is 1.89. The van der Waals surface area contributed by atoms with Crippen LogP contribution in [0.4, 0.5) is 11.5 Å². The average Bonchev–Trinajstić information content (AvgIpc) is 3.40. The number of amides is 2. The Labute approximate surface area is 216 Å². The number of hydrogen-bond donors (Lipinski definition) is 4. The lowest BCUT2D eigenvalue weighted by Gasteiger charge is -2.15. The molecule has 2 aromatic heterocycles. The summed E-state index contributed by atoms with van der Waals surface area (Å²) in [5.41, 5.74) is 7.86. The molecule has 0 aliphatic rings. The SMILES string of the molecule is CC(N)C(=O)Nc1cccc(-c2cc(-c3cc(Cl)ccc3O)nc(NC(=O)c3cccs3)c2C#N)c1. The zero-order valence-electron chi connectivity index (χ0n) is 18.9. The lowest BCUT2D eigenvalue weighted by molar-refractivity contribution is -0.117. The van der Waals surface area contributed by atoms with Gasteiger partial charge in [-0.25, -0.2) is 4.98 Å². The topological polar surface area (TPSA) is 141 Å². The number of nitrogens with zero attached hydrogens (tertiary/aromatic N) is 2. The summed E-state index contributed by atoms with van der Waals surface area (Å²) in [7, 11) is 0. The second-order valence-electron chi connectivity index (χ2n) is 7.84. The Hall–Kier alpha value is -4.23. The highest BCUT2D eigenvalue weighted by Crippen LogP contribution is 2.37. The molecule has 0 aliphatic heterocycles. The number of rotatable bonds is 6. The molecule has 10 heteroatoms.